The van der Waals surface area contributed by atoms with Crippen LogP contribution in [0.3, 0.4) is 0 Å². The molecule has 0 aliphatic rings. The van der Waals surface area contributed by atoms with Crippen molar-refractivity contribution < 1.29 is 5.11 Å². The van der Waals surface area contributed by atoms with Crippen LogP contribution in [0.2, 0.25) is 5.02 Å². The molecule has 1 rings (SSSR count). The van der Waals surface area contributed by atoms with Crippen LogP contribution < -0.4 is 5.32 Å². The molecule has 0 bridgehead atoms. The normalized spacial score (nSPS) is 12.9. The Morgan fingerprint density at radius 1 is 1.43 bits per heavy atom. The maximum Gasteiger partial charge on any atom is 0.0635 e. The molecule has 0 fully saturated rings. The average molecular weight is 214 g/mol. The second kappa shape index (κ2) is 5.23. The molecule has 0 amide bonds. The fourth-order valence-corrected chi connectivity index (χ4v) is 1.41. The van der Waals surface area contributed by atoms with Gasteiger partial charge in [0.25, 0.3) is 0 Å². The van der Waals surface area contributed by atoms with Gasteiger partial charge in [0, 0.05) is 10.7 Å². The maximum absolute atomic E-state index is 9.13. The van der Waals surface area contributed by atoms with Gasteiger partial charge in [0.1, 0.15) is 0 Å². The Morgan fingerprint density at radius 3 is 2.64 bits per heavy atom. The van der Waals surface area contributed by atoms with E-state index in [4.69, 9.17) is 16.7 Å². The van der Waals surface area contributed by atoms with Crippen molar-refractivity contribution in [2.75, 3.05) is 11.9 Å². The first-order valence-corrected chi connectivity index (χ1v) is 5.14. The van der Waals surface area contributed by atoms with E-state index in [2.05, 4.69) is 19.2 Å². The molecule has 3 heteroatoms. The number of rotatable bonds is 4. The number of halogens is 1. The number of nitrogens with one attached hydrogen (secondary N) is 1. The summed E-state index contributed by atoms with van der Waals surface area (Å²) in [7, 11) is 0. The molecule has 2 N–H and O–H groups in total. The summed E-state index contributed by atoms with van der Waals surface area (Å²) < 4.78 is 0. The topological polar surface area (TPSA) is 32.3 Å². The Bertz CT molecular complexity index is 288. The van der Waals surface area contributed by atoms with Gasteiger partial charge in [-0.2, -0.15) is 0 Å². The van der Waals surface area contributed by atoms with Crippen molar-refractivity contribution in [2.45, 2.75) is 19.9 Å². The van der Waals surface area contributed by atoms with Gasteiger partial charge in [0.2, 0.25) is 0 Å². The van der Waals surface area contributed by atoms with E-state index < -0.39 is 0 Å². The van der Waals surface area contributed by atoms with Crippen molar-refractivity contribution in [1.29, 1.82) is 0 Å². The van der Waals surface area contributed by atoms with Gasteiger partial charge in [-0.3, -0.25) is 0 Å². The van der Waals surface area contributed by atoms with Crippen LogP contribution in [0.1, 0.15) is 13.8 Å². The average Bonchev–Trinajstić information content (AvgIpc) is 2.14. The summed E-state index contributed by atoms with van der Waals surface area (Å²) in [6.07, 6.45) is 0. The largest absolute Gasteiger partial charge is 0.394 e. The van der Waals surface area contributed by atoms with E-state index in [-0.39, 0.29) is 12.6 Å². The molecule has 1 aromatic rings. The second-order valence-electron chi connectivity index (χ2n) is 3.69. The third-order valence-corrected chi connectivity index (χ3v) is 2.41. The van der Waals surface area contributed by atoms with Crippen molar-refractivity contribution in [2.24, 2.45) is 5.92 Å². The lowest BCUT2D eigenvalue weighted by Crippen LogP contribution is -2.29. The number of hydrogen-bond donors (Lipinski definition) is 2. The SMILES string of the molecule is CC(C)C(CO)Nc1cccc(Cl)c1. The monoisotopic (exact) mass is 213 g/mol. The molecule has 0 saturated heterocycles. The highest BCUT2D eigenvalue weighted by Gasteiger charge is 2.11. The Kier molecular flexibility index (Phi) is 4.23. The Hall–Kier alpha value is -0.730. The first kappa shape index (κ1) is 11.3. The van der Waals surface area contributed by atoms with E-state index in [1.165, 1.54) is 0 Å². The zero-order chi connectivity index (χ0) is 10.6. The fourth-order valence-electron chi connectivity index (χ4n) is 1.22. The predicted octanol–water partition coefficient (Wildman–Crippen LogP) is 2.77. The van der Waals surface area contributed by atoms with Gasteiger partial charge in [-0.1, -0.05) is 31.5 Å². The first-order valence-electron chi connectivity index (χ1n) is 4.76. The van der Waals surface area contributed by atoms with E-state index in [1.807, 2.05) is 24.3 Å². The molecule has 0 heterocycles. The third kappa shape index (κ3) is 3.20. The standard InChI is InChI=1S/C11H16ClNO/c1-8(2)11(7-14)13-10-5-3-4-9(12)6-10/h3-6,8,11,13-14H,7H2,1-2H3. The minimum absolute atomic E-state index is 0.0773. The first-order chi connectivity index (χ1) is 6.63. The van der Waals surface area contributed by atoms with Crippen LogP contribution in [0.4, 0.5) is 5.69 Å². The van der Waals surface area contributed by atoms with E-state index in [1.54, 1.807) is 0 Å². The number of hydrogen-bond acceptors (Lipinski definition) is 2. The molecule has 0 spiro atoms. The van der Waals surface area contributed by atoms with Gasteiger partial charge in [0.15, 0.2) is 0 Å². The molecule has 78 valence electrons. The van der Waals surface area contributed by atoms with E-state index in [0.717, 1.165) is 5.69 Å². The molecule has 0 saturated carbocycles. The highest BCUT2D eigenvalue weighted by Crippen LogP contribution is 2.17. The summed E-state index contributed by atoms with van der Waals surface area (Å²) in [5, 5.41) is 13.1. The molecule has 1 atom stereocenters. The summed E-state index contributed by atoms with van der Waals surface area (Å²) >= 11 is 5.85. The molecule has 1 aromatic carbocycles. The van der Waals surface area contributed by atoms with Crippen molar-refractivity contribution in [3.8, 4) is 0 Å². The minimum Gasteiger partial charge on any atom is -0.394 e. The quantitative estimate of drug-likeness (QED) is 0.806. The molecular weight excluding hydrogens is 198 g/mol. The van der Waals surface area contributed by atoms with Crippen molar-refractivity contribution in [1.82, 2.24) is 0 Å². The minimum atomic E-state index is 0.0773. The molecule has 0 radical (unpaired) electrons. The summed E-state index contributed by atoms with van der Waals surface area (Å²) in [5.74, 6) is 0.388. The summed E-state index contributed by atoms with van der Waals surface area (Å²) in [5.41, 5.74) is 0.949. The number of aliphatic hydroxyl groups is 1. The number of aliphatic hydroxyl groups excluding tert-OH is 1. The van der Waals surface area contributed by atoms with Crippen LogP contribution in [0.15, 0.2) is 24.3 Å². The van der Waals surface area contributed by atoms with Crippen molar-refractivity contribution in [3.05, 3.63) is 29.3 Å². The summed E-state index contributed by atoms with van der Waals surface area (Å²) in [6, 6.07) is 7.59. The molecule has 2 nitrogen and oxygen atoms in total. The highest BCUT2D eigenvalue weighted by molar-refractivity contribution is 6.30. The van der Waals surface area contributed by atoms with Crippen LogP contribution >= 0.6 is 11.6 Å². The Morgan fingerprint density at radius 2 is 2.14 bits per heavy atom. The second-order valence-corrected chi connectivity index (χ2v) is 4.12. The van der Waals surface area contributed by atoms with Gasteiger partial charge >= 0.3 is 0 Å². The molecule has 0 aliphatic heterocycles. The van der Waals surface area contributed by atoms with Gasteiger partial charge < -0.3 is 10.4 Å². The van der Waals surface area contributed by atoms with Crippen LogP contribution in [0, 0.1) is 5.92 Å². The van der Waals surface area contributed by atoms with Crippen LogP contribution in [0.5, 0.6) is 0 Å². The van der Waals surface area contributed by atoms with E-state index in [0.29, 0.717) is 10.9 Å². The molecular formula is C11H16ClNO. The zero-order valence-corrected chi connectivity index (χ0v) is 9.25. The van der Waals surface area contributed by atoms with Gasteiger partial charge in [0.05, 0.1) is 12.6 Å². The highest BCUT2D eigenvalue weighted by atomic mass is 35.5. The summed E-state index contributed by atoms with van der Waals surface area (Å²) in [6.45, 7) is 4.26. The zero-order valence-electron chi connectivity index (χ0n) is 8.50. The fraction of sp³-hybridized carbons (Fsp3) is 0.455. The van der Waals surface area contributed by atoms with Crippen LogP contribution in [0.25, 0.3) is 0 Å². The Labute approximate surface area is 89.9 Å². The summed E-state index contributed by atoms with van der Waals surface area (Å²) in [4.78, 5) is 0. The van der Waals surface area contributed by atoms with Crippen molar-refractivity contribution in [3.63, 3.8) is 0 Å². The Balaban J connectivity index is 2.67. The van der Waals surface area contributed by atoms with Crippen LogP contribution in [-0.4, -0.2) is 17.8 Å². The lowest BCUT2D eigenvalue weighted by Gasteiger charge is -2.21. The van der Waals surface area contributed by atoms with E-state index in [9.17, 15) is 0 Å². The number of benzene rings is 1. The molecule has 14 heavy (non-hydrogen) atoms. The van der Waals surface area contributed by atoms with Gasteiger partial charge in [-0.25, -0.2) is 0 Å². The van der Waals surface area contributed by atoms with Gasteiger partial charge in [-0.05, 0) is 24.1 Å². The van der Waals surface area contributed by atoms with Crippen molar-refractivity contribution >= 4 is 17.3 Å². The molecule has 1 unspecified atom stereocenters. The third-order valence-electron chi connectivity index (χ3n) is 2.18. The maximum atomic E-state index is 9.13. The lowest BCUT2D eigenvalue weighted by atomic mass is 10.1. The van der Waals surface area contributed by atoms with E-state index >= 15 is 0 Å². The lowest BCUT2D eigenvalue weighted by molar-refractivity contribution is 0.249. The number of anilines is 1. The molecule has 0 aliphatic carbocycles. The van der Waals surface area contributed by atoms with Crippen LogP contribution in [-0.2, 0) is 0 Å². The molecule has 0 aromatic heterocycles. The van der Waals surface area contributed by atoms with Gasteiger partial charge in [-0.15, -0.1) is 0 Å². The predicted molar refractivity (Wildman–Crippen MR) is 60.8 cm³/mol. The smallest absolute Gasteiger partial charge is 0.0635 e.